The fourth-order valence-electron chi connectivity index (χ4n) is 3.94. The Morgan fingerprint density at radius 3 is 1.91 bits per heavy atom. The minimum absolute atomic E-state index is 0.185. The zero-order valence-corrected chi connectivity index (χ0v) is 19.0. The number of ketones is 1. The van der Waals surface area contributed by atoms with Gasteiger partial charge >= 0.3 is 5.97 Å². The number of hydrogen-bond donors (Lipinski definition) is 2. The third-order valence-corrected chi connectivity index (χ3v) is 5.80. The van der Waals surface area contributed by atoms with Crippen LogP contribution in [0.15, 0.2) is 48.5 Å². The second kappa shape index (κ2) is 10.9. The number of carbonyl (C=O) groups excluding carboxylic acids is 3. The number of amides is 2. The fourth-order valence-corrected chi connectivity index (χ4v) is 3.94. The van der Waals surface area contributed by atoms with Gasteiger partial charge in [0.1, 0.15) is 12.7 Å². The number of benzene rings is 2. The highest BCUT2D eigenvalue weighted by Crippen LogP contribution is 2.37. The van der Waals surface area contributed by atoms with E-state index in [9.17, 15) is 23.6 Å². The number of aliphatic carboxylic acids is 1. The number of anilines is 2. The van der Waals surface area contributed by atoms with Crippen molar-refractivity contribution in [2.24, 2.45) is 11.8 Å². The molecule has 2 aromatic carbocycles. The van der Waals surface area contributed by atoms with Crippen LogP contribution in [-0.4, -0.2) is 41.4 Å². The quantitative estimate of drug-likeness (QED) is 0.582. The van der Waals surface area contributed by atoms with Gasteiger partial charge in [-0.05, 0) is 29.2 Å². The molecule has 0 saturated carbocycles. The number of nitrogens with one attached hydrogen (secondary N) is 1. The number of nitrogens with zero attached hydrogens (tertiary/aromatic N) is 1. The average Bonchev–Trinajstić information content (AvgIpc) is 2.97. The van der Waals surface area contributed by atoms with Crippen molar-refractivity contribution in [3.63, 3.8) is 0 Å². The molecule has 2 amide bonds. The Bertz CT molecular complexity index is 1080. The average molecular weight is 467 g/mol. The Morgan fingerprint density at radius 1 is 0.912 bits per heavy atom. The maximum atomic E-state index is 13.6. The Morgan fingerprint density at radius 2 is 1.44 bits per heavy atom. The summed E-state index contributed by atoms with van der Waals surface area (Å²) in [7, 11) is 0. The summed E-state index contributed by atoms with van der Waals surface area (Å²) in [5, 5.41) is 11.4. The molecule has 2 unspecified atom stereocenters. The van der Waals surface area contributed by atoms with Crippen LogP contribution < -0.4 is 10.2 Å². The Labute approximate surface area is 197 Å². The first kappa shape index (κ1) is 24.8. The van der Waals surface area contributed by atoms with Gasteiger partial charge in [-0.15, -0.1) is 0 Å². The number of Topliss-reactive ketones (excluding diaryl/α,β-unsaturated/α-hetero) is 1. The molecule has 0 radical (unpaired) electrons. The van der Waals surface area contributed by atoms with Crippen molar-refractivity contribution in [2.75, 3.05) is 11.6 Å². The number of halogens is 1. The molecule has 8 heteroatoms. The lowest BCUT2D eigenvalue weighted by Gasteiger charge is -2.28. The van der Waals surface area contributed by atoms with E-state index in [1.54, 1.807) is 18.7 Å². The normalized spacial score (nSPS) is 13.9. The van der Waals surface area contributed by atoms with E-state index in [-0.39, 0.29) is 18.2 Å². The van der Waals surface area contributed by atoms with Crippen LogP contribution >= 0.6 is 0 Å². The van der Waals surface area contributed by atoms with Crippen LogP contribution in [0.25, 0.3) is 12.2 Å². The lowest BCUT2D eigenvalue weighted by atomic mass is 9.90. The highest BCUT2D eigenvalue weighted by molar-refractivity contribution is 6.07. The van der Waals surface area contributed by atoms with Gasteiger partial charge in [0.2, 0.25) is 11.8 Å². The largest absolute Gasteiger partial charge is 0.481 e. The third-order valence-electron chi connectivity index (χ3n) is 5.80. The van der Waals surface area contributed by atoms with E-state index in [2.05, 4.69) is 5.32 Å². The molecule has 1 aliphatic rings. The second-order valence-corrected chi connectivity index (χ2v) is 8.49. The third kappa shape index (κ3) is 5.57. The first-order valence-electron chi connectivity index (χ1n) is 11.0. The predicted molar refractivity (Wildman–Crippen MR) is 127 cm³/mol. The van der Waals surface area contributed by atoms with E-state index in [1.807, 2.05) is 60.7 Å². The molecule has 0 saturated heterocycles. The van der Waals surface area contributed by atoms with E-state index in [0.717, 1.165) is 11.1 Å². The predicted octanol–water partition coefficient (Wildman–Crippen LogP) is 4.00. The van der Waals surface area contributed by atoms with Crippen LogP contribution in [-0.2, 0) is 19.2 Å². The first-order chi connectivity index (χ1) is 16.2. The van der Waals surface area contributed by atoms with Gasteiger partial charge < -0.3 is 10.4 Å². The molecule has 2 atom stereocenters. The van der Waals surface area contributed by atoms with Crippen LogP contribution in [0.5, 0.6) is 0 Å². The summed E-state index contributed by atoms with van der Waals surface area (Å²) in [4.78, 5) is 51.1. The lowest BCUT2D eigenvalue weighted by molar-refractivity contribution is -0.141. The van der Waals surface area contributed by atoms with Crippen molar-refractivity contribution in [1.82, 2.24) is 5.32 Å². The van der Waals surface area contributed by atoms with Gasteiger partial charge in [-0.25, -0.2) is 4.39 Å². The summed E-state index contributed by atoms with van der Waals surface area (Å²) in [5.74, 6) is -4.51. The molecule has 0 fully saturated rings. The van der Waals surface area contributed by atoms with Gasteiger partial charge in [-0.3, -0.25) is 24.1 Å². The fraction of sp³-hybridized carbons (Fsp3) is 0.308. The Kier molecular flexibility index (Phi) is 7.94. The zero-order chi connectivity index (χ0) is 24.8. The van der Waals surface area contributed by atoms with Gasteiger partial charge in [0.05, 0.1) is 17.8 Å². The van der Waals surface area contributed by atoms with E-state index in [4.69, 9.17) is 5.11 Å². The topological polar surface area (TPSA) is 104 Å². The maximum Gasteiger partial charge on any atom is 0.305 e. The monoisotopic (exact) mass is 466 g/mol. The standard InChI is InChI=1S/C26H27FN2O5/c1-16(2)19(26(34)28-20(14-25(32)33)23(30)15-27)13-24(31)29-21-9-5-3-7-17(21)11-12-18-8-4-6-10-22(18)29/h3-12,16,19-20H,13-15H2,1-2H3,(H,28,34)(H,32,33). The summed E-state index contributed by atoms with van der Waals surface area (Å²) < 4.78 is 12.9. The van der Waals surface area contributed by atoms with Crippen molar-refractivity contribution in [1.29, 1.82) is 0 Å². The van der Waals surface area contributed by atoms with Crippen molar-refractivity contribution in [2.45, 2.75) is 32.7 Å². The van der Waals surface area contributed by atoms with Crippen LogP contribution in [0.3, 0.4) is 0 Å². The summed E-state index contributed by atoms with van der Waals surface area (Å²) in [6, 6.07) is 13.3. The number of fused-ring (bicyclic) bond motifs is 2. The van der Waals surface area contributed by atoms with Crippen LogP contribution in [0.2, 0.25) is 0 Å². The summed E-state index contributed by atoms with van der Waals surface area (Å²) in [6.07, 6.45) is 2.93. The summed E-state index contributed by atoms with van der Waals surface area (Å²) in [6.45, 7) is 2.12. The summed E-state index contributed by atoms with van der Waals surface area (Å²) in [5.41, 5.74) is 3.03. The first-order valence-corrected chi connectivity index (χ1v) is 11.0. The van der Waals surface area contributed by atoms with Crippen LogP contribution in [0.1, 0.15) is 37.8 Å². The number of rotatable bonds is 9. The van der Waals surface area contributed by atoms with E-state index >= 15 is 0 Å². The maximum absolute atomic E-state index is 13.6. The summed E-state index contributed by atoms with van der Waals surface area (Å²) >= 11 is 0. The van der Waals surface area contributed by atoms with Crippen molar-refractivity contribution >= 4 is 47.1 Å². The van der Waals surface area contributed by atoms with Gasteiger partial charge in [-0.2, -0.15) is 0 Å². The molecule has 1 heterocycles. The molecular weight excluding hydrogens is 439 g/mol. The van der Waals surface area contributed by atoms with Crippen molar-refractivity contribution < 1.29 is 28.7 Å². The number of carboxylic acid groups (broad SMARTS) is 1. The molecular formula is C26H27FN2O5. The van der Waals surface area contributed by atoms with Gasteiger partial charge in [0.15, 0.2) is 5.78 Å². The number of hydrogen-bond acceptors (Lipinski definition) is 4. The highest BCUT2D eigenvalue weighted by atomic mass is 19.1. The van der Waals surface area contributed by atoms with Gasteiger partial charge in [0.25, 0.3) is 0 Å². The van der Waals surface area contributed by atoms with Crippen LogP contribution in [0.4, 0.5) is 15.8 Å². The van der Waals surface area contributed by atoms with E-state index in [0.29, 0.717) is 11.4 Å². The second-order valence-electron chi connectivity index (χ2n) is 8.49. The molecule has 0 aromatic heterocycles. The Balaban J connectivity index is 1.90. The van der Waals surface area contributed by atoms with Crippen molar-refractivity contribution in [3.8, 4) is 0 Å². The molecule has 1 aliphatic heterocycles. The number of para-hydroxylation sites is 2. The van der Waals surface area contributed by atoms with Gasteiger partial charge in [-0.1, -0.05) is 62.4 Å². The molecule has 34 heavy (non-hydrogen) atoms. The lowest BCUT2D eigenvalue weighted by Crippen LogP contribution is -2.47. The van der Waals surface area contributed by atoms with Crippen molar-refractivity contribution in [3.05, 3.63) is 59.7 Å². The smallest absolute Gasteiger partial charge is 0.305 e. The minimum atomic E-state index is -1.49. The Hall–Kier alpha value is -3.81. The minimum Gasteiger partial charge on any atom is -0.481 e. The SMILES string of the molecule is CC(C)C(CC(=O)N1c2ccccc2C=Cc2ccccc21)C(=O)NC(CC(=O)O)C(=O)CF. The molecule has 3 rings (SSSR count). The number of carbonyl (C=O) groups is 4. The molecule has 7 nitrogen and oxygen atoms in total. The molecule has 0 aliphatic carbocycles. The number of alkyl halides is 1. The van der Waals surface area contributed by atoms with Crippen LogP contribution in [0, 0.1) is 11.8 Å². The highest BCUT2D eigenvalue weighted by Gasteiger charge is 2.33. The van der Waals surface area contributed by atoms with E-state index in [1.165, 1.54) is 0 Å². The molecule has 2 aromatic rings. The molecule has 178 valence electrons. The van der Waals surface area contributed by atoms with E-state index < -0.39 is 42.7 Å². The van der Waals surface area contributed by atoms with Gasteiger partial charge in [0, 0.05) is 12.3 Å². The molecule has 2 N–H and O–H groups in total. The molecule has 0 bridgehead atoms. The zero-order valence-electron chi connectivity index (χ0n) is 19.0. The molecule has 0 spiro atoms. The number of carboxylic acids is 1.